The number of piperidine rings is 1. The van der Waals surface area contributed by atoms with Crippen molar-refractivity contribution in [1.82, 2.24) is 9.80 Å². The summed E-state index contributed by atoms with van der Waals surface area (Å²) in [5.74, 6) is 0.00913. The summed E-state index contributed by atoms with van der Waals surface area (Å²) in [7, 11) is 0. The summed E-state index contributed by atoms with van der Waals surface area (Å²) in [6.45, 7) is 3.91. The van der Waals surface area contributed by atoms with Gasteiger partial charge in [-0.1, -0.05) is 43.7 Å². The molecule has 0 spiro atoms. The molecule has 1 fully saturated rings. The second-order valence-electron chi connectivity index (χ2n) is 8.30. The largest absolute Gasteiger partial charge is 0.339 e. The minimum atomic E-state index is -0.278. The standard InChI is InChI=1S/C25H28N2O3/c1-2-3-13-27-24(29)21-10-9-20(17-22(21)25(27)30)23(28)26-14-11-19(12-15-26)16-18-7-5-4-6-8-18/h4-10,17,19H,2-3,11-16H2,1H3. The van der Waals surface area contributed by atoms with E-state index in [0.717, 1.165) is 45.2 Å². The fourth-order valence-corrected chi connectivity index (χ4v) is 4.41. The molecule has 0 N–H and O–H groups in total. The summed E-state index contributed by atoms with van der Waals surface area (Å²) in [6, 6.07) is 15.4. The Kier molecular flexibility index (Phi) is 5.98. The molecule has 0 aliphatic carbocycles. The van der Waals surface area contributed by atoms with E-state index in [4.69, 9.17) is 0 Å². The Hall–Kier alpha value is -2.95. The lowest BCUT2D eigenvalue weighted by atomic mass is 9.90. The van der Waals surface area contributed by atoms with E-state index in [2.05, 4.69) is 24.3 Å². The maximum Gasteiger partial charge on any atom is 0.261 e. The van der Waals surface area contributed by atoms with E-state index in [0.29, 0.717) is 29.2 Å². The second kappa shape index (κ2) is 8.82. The van der Waals surface area contributed by atoms with Crippen molar-refractivity contribution in [2.45, 2.75) is 39.0 Å². The summed E-state index contributed by atoms with van der Waals surface area (Å²) in [6.07, 6.45) is 4.71. The third-order valence-electron chi connectivity index (χ3n) is 6.22. The van der Waals surface area contributed by atoms with Gasteiger partial charge in [0.25, 0.3) is 17.7 Å². The summed E-state index contributed by atoms with van der Waals surface area (Å²) in [5, 5.41) is 0. The van der Waals surface area contributed by atoms with Gasteiger partial charge in [0.2, 0.25) is 0 Å². The van der Waals surface area contributed by atoms with Crippen molar-refractivity contribution in [3.05, 3.63) is 70.8 Å². The number of likely N-dealkylation sites (tertiary alicyclic amines) is 1. The minimum Gasteiger partial charge on any atom is -0.339 e. The number of carbonyl (C=O) groups is 3. The van der Waals surface area contributed by atoms with Crippen molar-refractivity contribution in [1.29, 1.82) is 0 Å². The zero-order chi connectivity index (χ0) is 21.1. The van der Waals surface area contributed by atoms with Crippen molar-refractivity contribution in [2.75, 3.05) is 19.6 Å². The van der Waals surface area contributed by atoms with Crippen LogP contribution in [0.15, 0.2) is 48.5 Å². The number of hydrogen-bond acceptors (Lipinski definition) is 3. The average molecular weight is 405 g/mol. The fraction of sp³-hybridized carbons (Fsp3) is 0.400. The number of rotatable bonds is 6. The number of imide groups is 1. The van der Waals surface area contributed by atoms with Crippen LogP contribution in [-0.4, -0.2) is 47.2 Å². The monoisotopic (exact) mass is 404 g/mol. The molecule has 2 aliphatic heterocycles. The molecule has 5 nitrogen and oxygen atoms in total. The van der Waals surface area contributed by atoms with Crippen molar-refractivity contribution in [3.63, 3.8) is 0 Å². The van der Waals surface area contributed by atoms with E-state index >= 15 is 0 Å². The van der Waals surface area contributed by atoms with E-state index in [9.17, 15) is 14.4 Å². The highest BCUT2D eigenvalue weighted by molar-refractivity contribution is 6.22. The Labute approximate surface area is 177 Å². The van der Waals surface area contributed by atoms with Crippen molar-refractivity contribution < 1.29 is 14.4 Å². The third-order valence-corrected chi connectivity index (χ3v) is 6.22. The Bertz CT molecular complexity index is 946. The highest BCUT2D eigenvalue weighted by atomic mass is 16.2. The Morgan fingerprint density at radius 2 is 1.67 bits per heavy atom. The molecule has 156 valence electrons. The van der Waals surface area contributed by atoms with Gasteiger partial charge in [-0.25, -0.2) is 0 Å². The molecule has 0 unspecified atom stereocenters. The van der Waals surface area contributed by atoms with Gasteiger partial charge in [-0.15, -0.1) is 0 Å². The highest BCUT2D eigenvalue weighted by Crippen LogP contribution is 2.27. The molecule has 2 heterocycles. The maximum absolute atomic E-state index is 13.0. The quantitative estimate of drug-likeness (QED) is 0.679. The second-order valence-corrected chi connectivity index (χ2v) is 8.30. The van der Waals surface area contributed by atoms with Crippen LogP contribution in [0.1, 0.15) is 69.2 Å². The summed E-state index contributed by atoms with van der Waals surface area (Å²) in [4.78, 5) is 41.4. The van der Waals surface area contributed by atoms with Crippen LogP contribution in [0, 0.1) is 5.92 Å². The first-order valence-corrected chi connectivity index (χ1v) is 10.9. The van der Waals surface area contributed by atoms with Crippen molar-refractivity contribution in [3.8, 4) is 0 Å². The molecule has 4 rings (SSSR count). The fourth-order valence-electron chi connectivity index (χ4n) is 4.41. The molecular weight excluding hydrogens is 376 g/mol. The van der Waals surface area contributed by atoms with Gasteiger partial charge in [-0.05, 0) is 55.4 Å². The lowest BCUT2D eigenvalue weighted by Crippen LogP contribution is -2.39. The molecule has 0 aromatic heterocycles. The molecule has 1 saturated heterocycles. The van der Waals surface area contributed by atoms with E-state index in [1.165, 1.54) is 10.5 Å². The van der Waals surface area contributed by atoms with Crippen LogP contribution in [-0.2, 0) is 6.42 Å². The summed E-state index contributed by atoms with van der Waals surface area (Å²) < 4.78 is 0. The van der Waals surface area contributed by atoms with Gasteiger partial charge in [0.15, 0.2) is 0 Å². The first kappa shape index (κ1) is 20.3. The topological polar surface area (TPSA) is 57.7 Å². The number of hydrogen-bond donors (Lipinski definition) is 0. The van der Waals surface area contributed by atoms with Crippen LogP contribution in [0.5, 0.6) is 0 Å². The maximum atomic E-state index is 13.0. The predicted octanol–water partition coefficient (Wildman–Crippen LogP) is 4.18. The number of nitrogens with zero attached hydrogens (tertiary/aromatic N) is 2. The van der Waals surface area contributed by atoms with Gasteiger partial charge >= 0.3 is 0 Å². The minimum absolute atomic E-state index is 0.0526. The first-order valence-electron chi connectivity index (χ1n) is 10.9. The molecule has 30 heavy (non-hydrogen) atoms. The first-order chi connectivity index (χ1) is 14.6. The molecule has 0 saturated carbocycles. The Morgan fingerprint density at radius 3 is 2.37 bits per heavy atom. The molecular formula is C25H28N2O3. The zero-order valence-electron chi connectivity index (χ0n) is 17.5. The van der Waals surface area contributed by atoms with Crippen molar-refractivity contribution >= 4 is 17.7 Å². The molecule has 2 aromatic rings. The molecule has 2 aromatic carbocycles. The normalized spacial score (nSPS) is 16.8. The van der Waals surface area contributed by atoms with Crippen LogP contribution in [0.25, 0.3) is 0 Å². The zero-order valence-corrected chi connectivity index (χ0v) is 17.5. The van der Waals surface area contributed by atoms with Gasteiger partial charge in [-0.3, -0.25) is 19.3 Å². The summed E-state index contributed by atoms with van der Waals surface area (Å²) in [5.41, 5.74) is 2.61. The van der Waals surface area contributed by atoms with Gasteiger partial charge in [0, 0.05) is 25.2 Å². The number of fused-ring (bicyclic) bond motifs is 1. The number of amides is 3. The van der Waals surface area contributed by atoms with Gasteiger partial charge in [0.05, 0.1) is 11.1 Å². The van der Waals surface area contributed by atoms with E-state index in [1.54, 1.807) is 18.2 Å². The van der Waals surface area contributed by atoms with Crippen LogP contribution in [0.4, 0.5) is 0 Å². The average Bonchev–Trinajstić information content (AvgIpc) is 3.02. The predicted molar refractivity (Wildman–Crippen MR) is 115 cm³/mol. The Morgan fingerprint density at radius 1 is 0.967 bits per heavy atom. The van der Waals surface area contributed by atoms with Crippen LogP contribution in [0.3, 0.4) is 0 Å². The highest BCUT2D eigenvalue weighted by Gasteiger charge is 2.36. The smallest absolute Gasteiger partial charge is 0.261 e. The third kappa shape index (κ3) is 4.02. The molecule has 5 heteroatoms. The van der Waals surface area contributed by atoms with Crippen LogP contribution in [0.2, 0.25) is 0 Å². The molecule has 3 amide bonds. The molecule has 0 bridgehead atoms. The number of unbranched alkanes of at least 4 members (excludes halogenated alkanes) is 1. The number of benzene rings is 2. The lowest BCUT2D eigenvalue weighted by Gasteiger charge is -2.32. The van der Waals surface area contributed by atoms with Crippen molar-refractivity contribution in [2.24, 2.45) is 5.92 Å². The van der Waals surface area contributed by atoms with Crippen LogP contribution >= 0.6 is 0 Å². The van der Waals surface area contributed by atoms with E-state index < -0.39 is 0 Å². The van der Waals surface area contributed by atoms with Gasteiger partial charge in [0.1, 0.15) is 0 Å². The van der Waals surface area contributed by atoms with Crippen LogP contribution < -0.4 is 0 Å². The lowest BCUT2D eigenvalue weighted by molar-refractivity contribution is 0.0651. The van der Waals surface area contributed by atoms with Gasteiger partial charge in [-0.2, -0.15) is 0 Å². The molecule has 2 aliphatic rings. The van der Waals surface area contributed by atoms with E-state index in [-0.39, 0.29) is 17.7 Å². The molecule has 0 radical (unpaired) electrons. The summed E-state index contributed by atoms with van der Waals surface area (Å²) >= 11 is 0. The SMILES string of the molecule is CCCCN1C(=O)c2ccc(C(=O)N3CCC(Cc4ccccc4)CC3)cc2C1=O. The number of carbonyl (C=O) groups excluding carboxylic acids is 3. The Balaban J connectivity index is 1.40. The molecule has 0 atom stereocenters. The van der Waals surface area contributed by atoms with E-state index in [1.807, 2.05) is 17.9 Å². The van der Waals surface area contributed by atoms with Gasteiger partial charge < -0.3 is 4.90 Å².